The monoisotopic (exact) mass is 609 g/mol. The summed E-state index contributed by atoms with van der Waals surface area (Å²) in [4.78, 5) is 8.86. The second kappa shape index (κ2) is 14.6. The zero-order valence-electron chi connectivity index (χ0n) is 23.4. The van der Waals surface area contributed by atoms with Gasteiger partial charge >= 0.3 is 6.01 Å². The van der Waals surface area contributed by atoms with Crippen molar-refractivity contribution >= 4 is 23.2 Å². The van der Waals surface area contributed by atoms with Crippen LogP contribution in [0.3, 0.4) is 0 Å². The number of phenolic OH excluding ortho intramolecular Hbond substituents is 1. The standard InChI is InChI=1S/C31H33Cl2N5O4/c1-37(20-23-6-8-26(9-7-23)41-15-12-38-10-13-40-14-11-38)19-22-2-4-24(5-3-22)21-42-31-34-18-29(35-36-31)25-16-27(32)30(39)28(33)17-25/h2-9,16-18,39H,10-15,19-21H2,1H3. The largest absolute Gasteiger partial charge is 0.505 e. The summed E-state index contributed by atoms with van der Waals surface area (Å²) in [5.41, 5.74) is 4.49. The molecular weight excluding hydrogens is 577 g/mol. The highest BCUT2D eigenvalue weighted by atomic mass is 35.5. The lowest BCUT2D eigenvalue weighted by Gasteiger charge is -2.26. The Morgan fingerprint density at radius 3 is 2.12 bits per heavy atom. The zero-order valence-corrected chi connectivity index (χ0v) is 24.9. The first kappa shape index (κ1) is 30.0. The molecule has 1 N–H and O–H groups in total. The van der Waals surface area contributed by atoms with E-state index in [0.717, 1.165) is 57.3 Å². The van der Waals surface area contributed by atoms with E-state index in [2.05, 4.69) is 56.3 Å². The average molecular weight is 611 g/mol. The lowest BCUT2D eigenvalue weighted by molar-refractivity contribution is 0.0322. The molecule has 5 rings (SSSR count). The number of ether oxygens (including phenoxy) is 3. The summed E-state index contributed by atoms with van der Waals surface area (Å²) in [7, 11) is 2.11. The van der Waals surface area contributed by atoms with Crippen LogP contribution in [0.4, 0.5) is 0 Å². The number of hydrogen-bond acceptors (Lipinski definition) is 9. The van der Waals surface area contributed by atoms with Crippen LogP contribution in [-0.2, 0) is 24.4 Å². The third-order valence-electron chi connectivity index (χ3n) is 6.85. The number of morpholine rings is 1. The Labute approximate surface area is 255 Å². The van der Waals surface area contributed by atoms with Gasteiger partial charge in [0.05, 0.1) is 29.5 Å². The molecular formula is C31H33Cl2N5O4. The van der Waals surface area contributed by atoms with Crippen LogP contribution in [0.15, 0.2) is 66.9 Å². The summed E-state index contributed by atoms with van der Waals surface area (Å²) in [6.07, 6.45) is 1.52. The summed E-state index contributed by atoms with van der Waals surface area (Å²) in [5, 5.41) is 18.2. The number of nitrogens with zero attached hydrogens (tertiary/aromatic N) is 5. The van der Waals surface area contributed by atoms with Crippen LogP contribution in [-0.4, -0.2) is 76.6 Å². The number of benzene rings is 3. The SMILES string of the molecule is CN(Cc1ccc(COc2ncc(-c3cc(Cl)c(O)c(Cl)c3)nn2)cc1)Cc1ccc(OCCN2CCOCC2)cc1. The lowest BCUT2D eigenvalue weighted by atomic mass is 10.1. The van der Waals surface area contributed by atoms with Gasteiger partial charge < -0.3 is 19.3 Å². The maximum atomic E-state index is 9.74. The van der Waals surface area contributed by atoms with Crippen LogP contribution in [0.5, 0.6) is 17.5 Å². The van der Waals surface area contributed by atoms with E-state index in [-0.39, 0.29) is 21.8 Å². The van der Waals surface area contributed by atoms with Crippen molar-refractivity contribution in [1.82, 2.24) is 25.0 Å². The van der Waals surface area contributed by atoms with E-state index in [9.17, 15) is 5.11 Å². The molecule has 9 nitrogen and oxygen atoms in total. The summed E-state index contributed by atoms with van der Waals surface area (Å²) >= 11 is 12.0. The van der Waals surface area contributed by atoms with Gasteiger partial charge in [-0.05, 0) is 48.0 Å². The number of halogens is 2. The highest BCUT2D eigenvalue weighted by Crippen LogP contribution is 2.35. The molecule has 4 aromatic rings. The van der Waals surface area contributed by atoms with Gasteiger partial charge in [-0.25, -0.2) is 4.98 Å². The Balaban J connectivity index is 1.04. The number of aromatic hydroxyl groups is 1. The Morgan fingerprint density at radius 1 is 0.881 bits per heavy atom. The maximum absolute atomic E-state index is 9.74. The second-order valence-corrected chi connectivity index (χ2v) is 11.0. The summed E-state index contributed by atoms with van der Waals surface area (Å²) in [6, 6.07) is 19.9. The molecule has 0 spiro atoms. The predicted octanol–water partition coefficient (Wildman–Crippen LogP) is 5.47. The van der Waals surface area contributed by atoms with Gasteiger partial charge in [0.2, 0.25) is 0 Å². The molecule has 2 heterocycles. The van der Waals surface area contributed by atoms with Crippen molar-refractivity contribution in [2.24, 2.45) is 0 Å². The molecule has 1 fully saturated rings. The first-order chi connectivity index (χ1) is 20.4. The molecule has 0 aliphatic carbocycles. The molecule has 0 amide bonds. The number of rotatable bonds is 12. The van der Waals surface area contributed by atoms with Crippen molar-refractivity contribution in [2.75, 3.05) is 46.5 Å². The molecule has 0 atom stereocenters. The predicted molar refractivity (Wildman–Crippen MR) is 162 cm³/mol. The molecule has 1 aromatic heterocycles. The van der Waals surface area contributed by atoms with Crippen LogP contribution in [0.1, 0.15) is 16.7 Å². The molecule has 11 heteroatoms. The smallest absolute Gasteiger partial charge is 0.336 e. The molecule has 0 radical (unpaired) electrons. The molecule has 3 aromatic carbocycles. The molecule has 0 saturated carbocycles. The van der Waals surface area contributed by atoms with E-state index < -0.39 is 0 Å². The Kier molecular flexibility index (Phi) is 10.4. The average Bonchev–Trinajstić information content (AvgIpc) is 3.01. The van der Waals surface area contributed by atoms with Crippen LogP contribution in [0.2, 0.25) is 10.0 Å². The molecule has 1 saturated heterocycles. The van der Waals surface area contributed by atoms with Crippen LogP contribution >= 0.6 is 23.2 Å². The molecule has 0 unspecified atom stereocenters. The van der Waals surface area contributed by atoms with Gasteiger partial charge in [0.25, 0.3) is 0 Å². The fraction of sp³-hybridized carbons (Fsp3) is 0.323. The molecule has 1 aliphatic rings. The van der Waals surface area contributed by atoms with Gasteiger partial charge in [-0.15, -0.1) is 5.10 Å². The molecule has 42 heavy (non-hydrogen) atoms. The minimum absolute atomic E-state index is 0.129. The normalized spacial score (nSPS) is 13.8. The van der Waals surface area contributed by atoms with E-state index >= 15 is 0 Å². The molecule has 220 valence electrons. The van der Waals surface area contributed by atoms with Gasteiger partial charge in [-0.3, -0.25) is 9.80 Å². The van der Waals surface area contributed by atoms with Crippen molar-refractivity contribution < 1.29 is 19.3 Å². The van der Waals surface area contributed by atoms with Crippen LogP contribution in [0, 0.1) is 0 Å². The van der Waals surface area contributed by atoms with Gasteiger partial charge in [-0.2, -0.15) is 0 Å². The second-order valence-electron chi connectivity index (χ2n) is 10.1. The Morgan fingerprint density at radius 2 is 1.50 bits per heavy atom. The number of aromatic nitrogens is 3. The van der Waals surface area contributed by atoms with Crippen molar-refractivity contribution in [3.05, 3.63) is 93.6 Å². The van der Waals surface area contributed by atoms with Gasteiger partial charge in [0.1, 0.15) is 24.7 Å². The molecule has 0 bridgehead atoms. The maximum Gasteiger partial charge on any atom is 0.336 e. The topological polar surface area (TPSA) is 93.1 Å². The van der Waals surface area contributed by atoms with E-state index in [1.807, 2.05) is 24.3 Å². The van der Waals surface area contributed by atoms with Gasteiger partial charge in [0.15, 0.2) is 5.75 Å². The number of phenols is 1. The number of hydrogen-bond donors (Lipinski definition) is 1. The fourth-order valence-electron chi connectivity index (χ4n) is 4.55. The third-order valence-corrected chi connectivity index (χ3v) is 7.43. The summed E-state index contributed by atoms with van der Waals surface area (Å²) in [5.74, 6) is 0.726. The van der Waals surface area contributed by atoms with Gasteiger partial charge in [-0.1, -0.05) is 64.7 Å². The van der Waals surface area contributed by atoms with Crippen molar-refractivity contribution in [1.29, 1.82) is 0 Å². The fourth-order valence-corrected chi connectivity index (χ4v) is 5.04. The summed E-state index contributed by atoms with van der Waals surface area (Å²) in [6.45, 7) is 7.14. The minimum Gasteiger partial charge on any atom is -0.505 e. The Hall–Kier alpha value is -3.47. The lowest BCUT2D eigenvalue weighted by Crippen LogP contribution is -2.38. The van der Waals surface area contributed by atoms with E-state index in [1.54, 1.807) is 12.1 Å². The Bertz CT molecular complexity index is 1410. The first-order valence-corrected chi connectivity index (χ1v) is 14.5. The zero-order chi connectivity index (χ0) is 29.3. The van der Waals surface area contributed by atoms with Crippen molar-refractivity contribution in [2.45, 2.75) is 19.7 Å². The van der Waals surface area contributed by atoms with E-state index in [0.29, 0.717) is 24.5 Å². The van der Waals surface area contributed by atoms with Crippen molar-refractivity contribution in [3.8, 4) is 28.8 Å². The highest BCUT2D eigenvalue weighted by molar-refractivity contribution is 6.37. The van der Waals surface area contributed by atoms with Crippen LogP contribution in [0.25, 0.3) is 11.3 Å². The van der Waals surface area contributed by atoms with Gasteiger partial charge in [0, 0.05) is 38.3 Å². The van der Waals surface area contributed by atoms with Crippen LogP contribution < -0.4 is 9.47 Å². The quantitative estimate of drug-likeness (QED) is 0.224. The van der Waals surface area contributed by atoms with E-state index in [1.165, 1.54) is 17.3 Å². The summed E-state index contributed by atoms with van der Waals surface area (Å²) < 4.78 is 17.0. The first-order valence-electron chi connectivity index (χ1n) is 13.7. The minimum atomic E-state index is -0.174. The van der Waals surface area contributed by atoms with Crippen molar-refractivity contribution in [3.63, 3.8) is 0 Å². The highest BCUT2D eigenvalue weighted by Gasteiger charge is 2.12. The molecule has 1 aliphatic heterocycles. The third kappa shape index (κ3) is 8.53. The van der Waals surface area contributed by atoms with E-state index in [4.69, 9.17) is 37.4 Å².